The van der Waals surface area contributed by atoms with Gasteiger partial charge in [-0.15, -0.1) is 0 Å². The van der Waals surface area contributed by atoms with Gasteiger partial charge in [-0.1, -0.05) is 6.07 Å². The SMILES string of the molecule is CO[C@@H]1CCNC[C@@H]1NC(=O)c1cnn2cccc(C)c12. The van der Waals surface area contributed by atoms with Crippen LogP contribution >= 0.6 is 0 Å². The molecular weight excluding hydrogens is 268 g/mol. The summed E-state index contributed by atoms with van der Waals surface area (Å²) in [4.78, 5) is 12.6. The van der Waals surface area contributed by atoms with E-state index in [0.29, 0.717) is 5.56 Å². The second kappa shape index (κ2) is 5.83. The first-order valence-corrected chi connectivity index (χ1v) is 7.18. The van der Waals surface area contributed by atoms with E-state index in [2.05, 4.69) is 15.7 Å². The van der Waals surface area contributed by atoms with Gasteiger partial charge in [-0.05, 0) is 31.5 Å². The first-order valence-electron chi connectivity index (χ1n) is 7.18. The monoisotopic (exact) mass is 288 g/mol. The Labute approximate surface area is 123 Å². The van der Waals surface area contributed by atoms with Gasteiger partial charge in [-0.2, -0.15) is 5.10 Å². The molecule has 0 radical (unpaired) electrons. The molecule has 1 aliphatic rings. The Morgan fingerprint density at radius 1 is 1.57 bits per heavy atom. The van der Waals surface area contributed by atoms with Crippen LogP contribution < -0.4 is 10.6 Å². The fraction of sp³-hybridized carbons (Fsp3) is 0.467. The Balaban J connectivity index is 1.84. The number of carbonyl (C=O) groups is 1. The number of hydrogen-bond acceptors (Lipinski definition) is 4. The van der Waals surface area contributed by atoms with Gasteiger partial charge in [0.05, 0.1) is 29.4 Å². The number of piperidine rings is 1. The number of fused-ring (bicyclic) bond motifs is 1. The molecule has 0 unspecified atom stereocenters. The molecule has 0 aromatic carbocycles. The molecule has 3 heterocycles. The molecule has 112 valence electrons. The number of aryl methyl sites for hydroxylation is 1. The lowest BCUT2D eigenvalue weighted by Gasteiger charge is -2.31. The predicted molar refractivity (Wildman–Crippen MR) is 79.5 cm³/mol. The van der Waals surface area contributed by atoms with Crippen LogP contribution in [0.3, 0.4) is 0 Å². The summed E-state index contributed by atoms with van der Waals surface area (Å²) in [5.74, 6) is -0.102. The molecule has 2 aromatic rings. The largest absolute Gasteiger partial charge is 0.379 e. The van der Waals surface area contributed by atoms with Crippen molar-refractivity contribution in [1.29, 1.82) is 0 Å². The molecule has 21 heavy (non-hydrogen) atoms. The van der Waals surface area contributed by atoms with Gasteiger partial charge in [0.1, 0.15) is 0 Å². The number of methoxy groups -OCH3 is 1. The van der Waals surface area contributed by atoms with Crippen molar-refractivity contribution >= 4 is 11.4 Å². The van der Waals surface area contributed by atoms with Crippen LogP contribution in [0.1, 0.15) is 22.3 Å². The number of rotatable bonds is 3. The lowest BCUT2D eigenvalue weighted by atomic mass is 10.0. The van der Waals surface area contributed by atoms with E-state index in [0.717, 1.165) is 30.6 Å². The Bertz CT molecular complexity index is 652. The summed E-state index contributed by atoms with van der Waals surface area (Å²) < 4.78 is 7.19. The van der Waals surface area contributed by atoms with E-state index in [1.807, 2.05) is 25.3 Å². The zero-order valence-corrected chi connectivity index (χ0v) is 12.3. The molecule has 1 fully saturated rings. The first kappa shape index (κ1) is 14.0. The van der Waals surface area contributed by atoms with Crippen molar-refractivity contribution in [2.75, 3.05) is 20.2 Å². The third-order valence-corrected chi connectivity index (χ3v) is 4.03. The van der Waals surface area contributed by atoms with Crippen molar-refractivity contribution in [3.05, 3.63) is 35.7 Å². The zero-order valence-electron chi connectivity index (χ0n) is 12.3. The van der Waals surface area contributed by atoms with Crippen molar-refractivity contribution in [2.24, 2.45) is 0 Å². The van der Waals surface area contributed by atoms with E-state index in [1.54, 1.807) is 17.8 Å². The summed E-state index contributed by atoms with van der Waals surface area (Å²) in [5.41, 5.74) is 2.49. The Morgan fingerprint density at radius 2 is 2.43 bits per heavy atom. The van der Waals surface area contributed by atoms with E-state index in [9.17, 15) is 4.79 Å². The van der Waals surface area contributed by atoms with Gasteiger partial charge >= 0.3 is 0 Å². The van der Waals surface area contributed by atoms with Gasteiger partial charge in [0.25, 0.3) is 5.91 Å². The summed E-state index contributed by atoms with van der Waals surface area (Å²) in [7, 11) is 1.69. The molecule has 1 amide bonds. The number of hydrogen-bond donors (Lipinski definition) is 2. The Kier molecular flexibility index (Phi) is 3.90. The maximum Gasteiger partial charge on any atom is 0.255 e. The maximum atomic E-state index is 12.6. The summed E-state index contributed by atoms with van der Waals surface area (Å²) in [6.07, 6.45) is 4.42. The summed E-state index contributed by atoms with van der Waals surface area (Å²) >= 11 is 0. The average molecular weight is 288 g/mol. The lowest BCUT2D eigenvalue weighted by molar-refractivity contribution is 0.0448. The molecule has 6 heteroatoms. The molecule has 0 saturated carbocycles. The molecule has 0 bridgehead atoms. The van der Waals surface area contributed by atoms with Crippen LogP contribution in [0.4, 0.5) is 0 Å². The van der Waals surface area contributed by atoms with Crippen molar-refractivity contribution in [3.8, 4) is 0 Å². The molecule has 0 spiro atoms. The second-order valence-corrected chi connectivity index (χ2v) is 5.39. The van der Waals surface area contributed by atoms with Crippen molar-refractivity contribution in [3.63, 3.8) is 0 Å². The highest BCUT2D eigenvalue weighted by atomic mass is 16.5. The summed E-state index contributed by atoms with van der Waals surface area (Å²) in [6.45, 7) is 3.62. The number of ether oxygens (including phenoxy) is 1. The van der Waals surface area contributed by atoms with Crippen LogP contribution in [0.2, 0.25) is 0 Å². The van der Waals surface area contributed by atoms with Crippen LogP contribution in [-0.4, -0.2) is 47.9 Å². The molecule has 1 saturated heterocycles. The lowest BCUT2D eigenvalue weighted by Crippen LogP contribution is -2.54. The zero-order chi connectivity index (χ0) is 14.8. The number of nitrogens with zero attached hydrogens (tertiary/aromatic N) is 2. The predicted octanol–water partition coefficient (Wildman–Crippen LogP) is 0.749. The Morgan fingerprint density at radius 3 is 3.24 bits per heavy atom. The van der Waals surface area contributed by atoms with E-state index >= 15 is 0 Å². The fourth-order valence-corrected chi connectivity index (χ4v) is 2.89. The highest BCUT2D eigenvalue weighted by molar-refractivity contribution is 6.01. The third kappa shape index (κ3) is 2.64. The van der Waals surface area contributed by atoms with Gasteiger partial charge in [-0.25, -0.2) is 4.52 Å². The molecule has 2 aromatic heterocycles. The standard InChI is InChI=1S/C15H20N4O2/c1-10-4-3-7-19-14(10)11(8-17-19)15(20)18-12-9-16-6-5-13(12)21-2/h3-4,7-8,12-13,16H,5-6,9H2,1-2H3,(H,18,20)/t12-,13+/m0/s1. The normalized spacial score (nSPS) is 22.4. The first-order chi connectivity index (χ1) is 10.2. The van der Waals surface area contributed by atoms with Crippen molar-refractivity contribution in [1.82, 2.24) is 20.2 Å². The highest BCUT2D eigenvalue weighted by Gasteiger charge is 2.27. The minimum Gasteiger partial charge on any atom is -0.379 e. The van der Waals surface area contributed by atoms with E-state index < -0.39 is 0 Å². The van der Waals surface area contributed by atoms with Crippen molar-refractivity contribution in [2.45, 2.75) is 25.5 Å². The molecule has 3 rings (SSSR count). The van der Waals surface area contributed by atoms with E-state index in [4.69, 9.17) is 4.74 Å². The van der Waals surface area contributed by atoms with Crippen LogP contribution in [0, 0.1) is 6.92 Å². The third-order valence-electron chi connectivity index (χ3n) is 4.03. The number of nitrogens with one attached hydrogen (secondary N) is 2. The highest BCUT2D eigenvalue weighted by Crippen LogP contribution is 2.16. The van der Waals surface area contributed by atoms with Crippen LogP contribution in [0.15, 0.2) is 24.5 Å². The second-order valence-electron chi connectivity index (χ2n) is 5.39. The molecule has 6 nitrogen and oxygen atoms in total. The molecule has 2 atom stereocenters. The van der Waals surface area contributed by atoms with Crippen LogP contribution in [-0.2, 0) is 4.74 Å². The van der Waals surface area contributed by atoms with Crippen LogP contribution in [0.25, 0.3) is 5.52 Å². The smallest absolute Gasteiger partial charge is 0.255 e. The topological polar surface area (TPSA) is 67.7 Å². The average Bonchev–Trinajstić information content (AvgIpc) is 2.93. The van der Waals surface area contributed by atoms with E-state index in [1.165, 1.54) is 0 Å². The van der Waals surface area contributed by atoms with E-state index in [-0.39, 0.29) is 18.1 Å². The number of aromatic nitrogens is 2. The summed E-state index contributed by atoms with van der Waals surface area (Å²) in [5, 5.41) is 10.6. The molecule has 2 N–H and O–H groups in total. The number of amides is 1. The molecule has 1 aliphatic heterocycles. The molecular formula is C15H20N4O2. The summed E-state index contributed by atoms with van der Waals surface area (Å²) in [6, 6.07) is 3.88. The minimum atomic E-state index is -0.102. The van der Waals surface area contributed by atoms with Crippen molar-refractivity contribution < 1.29 is 9.53 Å². The quantitative estimate of drug-likeness (QED) is 0.874. The fourth-order valence-electron chi connectivity index (χ4n) is 2.89. The number of pyridine rings is 1. The number of carbonyl (C=O) groups excluding carboxylic acids is 1. The Hall–Kier alpha value is -1.92. The molecule has 0 aliphatic carbocycles. The van der Waals surface area contributed by atoms with Gasteiger partial charge in [0.2, 0.25) is 0 Å². The van der Waals surface area contributed by atoms with Gasteiger partial charge in [0.15, 0.2) is 0 Å². The van der Waals surface area contributed by atoms with Crippen LogP contribution in [0.5, 0.6) is 0 Å². The van der Waals surface area contributed by atoms with Gasteiger partial charge < -0.3 is 15.4 Å². The van der Waals surface area contributed by atoms with Gasteiger partial charge in [0, 0.05) is 19.9 Å². The minimum absolute atomic E-state index is 0.0183. The van der Waals surface area contributed by atoms with Gasteiger partial charge in [-0.3, -0.25) is 4.79 Å². The maximum absolute atomic E-state index is 12.6.